The zero-order valence-electron chi connectivity index (χ0n) is 14.6. The number of aromatic nitrogens is 2. The predicted octanol–water partition coefficient (Wildman–Crippen LogP) is 1.75. The highest BCUT2D eigenvalue weighted by atomic mass is 79.9. The number of piperazine rings is 1. The molecule has 0 atom stereocenters. The summed E-state index contributed by atoms with van der Waals surface area (Å²) in [6.45, 7) is 1.85. The van der Waals surface area contributed by atoms with Gasteiger partial charge in [0.25, 0.3) is 0 Å². The van der Waals surface area contributed by atoms with Gasteiger partial charge in [-0.15, -0.1) is 0 Å². The van der Waals surface area contributed by atoms with Crippen molar-refractivity contribution >= 4 is 33.5 Å². The Bertz CT molecular complexity index is 836. The zero-order chi connectivity index (χ0) is 18.7. The van der Waals surface area contributed by atoms with Crippen LogP contribution in [0, 0.1) is 5.82 Å². The average Bonchev–Trinajstić information content (AvgIpc) is 3.04. The van der Waals surface area contributed by atoms with Crippen LogP contribution in [0.1, 0.15) is 5.56 Å². The molecule has 2 aromatic rings. The van der Waals surface area contributed by atoms with Crippen molar-refractivity contribution in [1.29, 1.82) is 0 Å². The van der Waals surface area contributed by atoms with E-state index in [2.05, 4.69) is 31.3 Å². The summed E-state index contributed by atoms with van der Waals surface area (Å²) < 4.78 is 15.7. The van der Waals surface area contributed by atoms with E-state index in [-0.39, 0.29) is 18.3 Å². The average molecular weight is 423 g/mol. The first-order valence-electron chi connectivity index (χ1n) is 8.16. The summed E-state index contributed by atoms with van der Waals surface area (Å²) in [7, 11) is 3.49. The van der Waals surface area contributed by atoms with Gasteiger partial charge in [-0.3, -0.25) is 14.5 Å². The van der Waals surface area contributed by atoms with Gasteiger partial charge in [-0.2, -0.15) is 5.10 Å². The molecule has 138 valence electrons. The highest BCUT2D eigenvalue weighted by Crippen LogP contribution is 2.17. The monoisotopic (exact) mass is 422 g/mol. The van der Waals surface area contributed by atoms with Crippen LogP contribution in [0.3, 0.4) is 0 Å². The van der Waals surface area contributed by atoms with E-state index in [1.807, 2.05) is 24.2 Å². The maximum Gasteiger partial charge on any atom is 0.246 e. The minimum absolute atomic E-state index is 0.0121. The third kappa shape index (κ3) is 4.04. The summed E-state index contributed by atoms with van der Waals surface area (Å²) in [6.07, 6.45) is 3.51. The number of amides is 1. The largest absolute Gasteiger partial charge is 0.352 e. The molecule has 1 amide bonds. The van der Waals surface area contributed by atoms with Gasteiger partial charge in [-0.25, -0.2) is 4.39 Å². The quantitative estimate of drug-likeness (QED) is 0.604. The SMILES string of the molecule is CN=C(NCc1ccc(Br)c(F)c1)N1CCN(c2cnn(C)c2)C(=O)C1. The Hall–Kier alpha value is -2.42. The number of aryl methyl sites for hydroxylation is 1. The first-order chi connectivity index (χ1) is 12.5. The molecule has 0 aliphatic carbocycles. The lowest BCUT2D eigenvalue weighted by Crippen LogP contribution is -2.55. The van der Waals surface area contributed by atoms with Gasteiger partial charge in [0.2, 0.25) is 5.91 Å². The van der Waals surface area contributed by atoms with Crippen LogP contribution in [-0.2, 0) is 18.4 Å². The van der Waals surface area contributed by atoms with Crippen molar-refractivity contribution in [1.82, 2.24) is 20.0 Å². The number of benzene rings is 1. The molecule has 1 aliphatic heterocycles. The van der Waals surface area contributed by atoms with Crippen LogP contribution in [0.2, 0.25) is 0 Å². The third-order valence-corrected chi connectivity index (χ3v) is 4.81. The van der Waals surface area contributed by atoms with Crippen molar-refractivity contribution in [2.45, 2.75) is 6.54 Å². The summed E-state index contributed by atoms with van der Waals surface area (Å²) in [6, 6.07) is 4.97. The van der Waals surface area contributed by atoms with Crippen molar-refractivity contribution in [2.75, 3.05) is 31.6 Å². The molecule has 2 heterocycles. The Morgan fingerprint density at radius 1 is 1.42 bits per heavy atom. The van der Waals surface area contributed by atoms with Gasteiger partial charge in [0.15, 0.2) is 5.96 Å². The van der Waals surface area contributed by atoms with Gasteiger partial charge in [0.05, 0.1) is 16.4 Å². The number of guanidine groups is 1. The molecular weight excluding hydrogens is 403 g/mol. The van der Waals surface area contributed by atoms with Crippen molar-refractivity contribution in [3.63, 3.8) is 0 Å². The molecule has 1 fully saturated rings. The van der Waals surface area contributed by atoms with Crippen LogP contribution < -0.4 is 10.2 Å². The maximum absolute atomic E-state index is 13.6. The van der Waals surface area contributed by atoms with Gasteiger partial charge >= 0.3 is 0 Å². The van der Waals surface area contributed by atoms with Crippen molar-refractivity contribution < 1.29 is 9.18 Å². The standard InChI is InChI=1S/C17H20BrFN6O/c1-20-17(21-8-12-3-4-14(18)15(19)7-12)24-5-6-25(16(26)11-24)13-9-22-23(2)10-13/h3-4,7,9-10H,5-6,8,11H2,1-2H3,(H,20,21). The molecule has 0 radical (unpaired) electrons. The zero-order valence-corrected chi connectivity index (χ0v) is 16.2. The molecule has 0 bridgehead atoms. The minimum atomic E-state index is -0.306. The predicted molar refractivity (Wildman–Crippen MR) is 101 cm³/mol. The topological polar surface area (TPSA) is 65.8 Å². The number of halogens is 2. The first-order valence-corrected chi connectivity index (χ1v) is 8.96. The summed E-state index contributed by atoms with van der Waals surface area (Å²) in [4.78, 5) is 20.4. The number of rotatable bonds is 3. The number of aliphatic imine (C=N–C) groups is 1. The van der Waals surface area contributed by atoms with E-state index in [9.17, 15) is 9.18 Å². The highest BCUT2D eigenvalue weighted by Gasteiger charge is 2.27. The van der Waals surface area contributed by atoms with Crippen LogP contribution in [0.5, 0.6) is 0 Å². The van der Waals surface area contributed by atoms with Gasteiger partial charge < -0.3 is 15.1 Å². The molecule has 3 rings (SSSR count). The Labute approximate surface area is 159 Å². The second-order valence-corrected chi connectivity index (χ2v) is 6.84. The second-order valence-electron chi connectivity index (χ2n) is 5.99. The summed E-state index contributed by atoms with van der Waals surface area (Å²) in [5, 5.41) is 7.30. The highest BCUT2D eigenvalue weighted by molar-refractivity contribution is 9.10. The summed E-state index contributed by atoms with van der Waals surface area (Å²) >= 11 is 3.14. The summed E-state index contributed by atoms with van der Waals surface area (Å²) in [5.74, 6) is 0.300. The van der Waals surface area contributed by atoms with Crippen molar-refractivity contribution in [2.24, 2.45) is 12.0 Å². The Morgan fingerprint density at radius 3 is 2.85 bits per heavy atom. The van der Waals surface area contributed by atoms with Crippen LogP contribution >= 0.6 is 15.9 Å². The molecule has 1 aliphatic rings. The van der Waals surface area contributed by atoms with Crippen molar-refractivity contribution in [3.05, 3.63) is 46.4 Å². The second kappa shape index (κ2) is 7.86. The number of carbonyl (C=O) groups is 1. The number of nitrogens with zero attached hydrogens (tertiary/aromatic N) is 5. The van der Waals surface area contributed by atoms with Crippen LogP contribution in [0.15, 0.2) is 40.1 Å². The van der Waals surface area contributed by atoms with E-state index in [1.54, 1.807) is 28.9 Å². The fourth-order valence-corrected chi connectivity index (χ4v) is 3.08. The molecule has 26 heavy (non-hydrogen) atoms. The number of carbonyl (C=O) groups excluding carboxylic acids is 1. The van der Waals surface area contributed by atoms with Gasteiger partial charge in [0.1, 0.15) is 12.4 Å². The maximum atomic E-state index is 13.6. The van der Waals surface area contributed by atoms with Crippen molar-refractivity contribution in [3.8, 4) is 0 Å². The van der Waals surface area contributed by atoms with E-state index in [0.717, 1.165) is 11.3 Å². The Balaban J connectivity index is 1.61. The lowest BCUT2D eigenvalue weighted by atomic mass is 10.2. The molecule has 0 unspecified atom stereocenters. The normalized spacial score (nSPS) is 15.5. The fourth-order valence-electron chi connectivity index (χ4n) is 2.84. The van der Waals surface area contributed by atoms with E-state index < -0.39 is 0 Å². The molecule has 7 nitrogen and oxygen atoms in total. The van der Waals surface area contributed by atoms with E-state index >= 15 is 0 Å². The smallest absolute Gasteiger partial charge is 0.246 e. The third-order valence-electron chi connectivity index (χ3n) is 4.17. The van der Waals surface area contributed by atoms with Gasteiger partial charge in [-0.05, 0) is 33.6 Å². The van der Waals surface area contributed by atoms with Crippen LogP contribution in [0.25, 0.3) is 0 Å². The lowest BCUT2D eigenvalue weighted by Gasteiger charge is -2.35. The number of hydrogen-bond donors (Lipinski definition) is 1. The van der Waals surface area contributed by atoms with Gasteiger partial charge in [-0.1, -0.05) is 6.07 Å². The van der Waals surface area contributed by atoms with Crippen LogP contribution in [-0.4, -0.2) is 53.2 Å². The Kier molecular flexibility index (Phi) is 5.55. The Morgan fingerprint density at radius 2 is 2.23 bits per heavy atom. The van der Waals surface area contributed by atoms with E-state index in [4.69, 9.17) is 0 Å². The molecule has 0 spiro atoms. The fraction of sp³-hybridized carbons (Fsp3) is 0.353. The molecule has 0 saturated carbocycles. The number of nitrogens with one attached hydrogen (secondary N) is 1. The molecule has 1 aromatic carbocycles. The molecule has 1 saturated heterocycles. The summed E-state index contributed by atoms with van der Waals surface area (Å²) in [5.41, 5.74) is 1.60. The molecule has 1 N–H and O–H groups in total. The molecular formula is C17H20BrFN6O. The molecule has 9 heteroatoms. The van der Waals surface area contributed by atoms with Crippen LogP contribution in [0.4, 0.5) is 10.1 Å². The minimum Gasteiger partial charge on any atom is -0.352 e. The lowest BCUT2D eigenvalue weighted by molar-refractivity contribution is -0.120. The molecule has 1 aromatic heterocycles. The number of hydrogen-bond acceptors (Lipinski definition) is 3. The van der Waals surface area contributed by atoms with Gasteiger partial charge in [0, 0.05) is 39.9 Å². The number of anilines is 1. The van der Waals surface area contributed by atoms with E-state index in [0.29, 0.717) is 30.1 Å². The first kappa shape index (κ1) is 18.4. The van der Waals surface area contributed by atoms with E-state index in [1.165, 1.54) is 6.07 Å².